The first-order valence-corrected chi connectivity index (χ1v) is 3.16. The molecule has 0 atom stereocenters. The highest BCUT2D eigenvalue weighted by Crippen LogP contribution is 2.22. The second-order valence-corrected chi connectivity index (χ2v) is 2.15. The van der Waals surface area contributed by atoms with E-state index in [1.807, 2.05) is 0 Å². The zero-order valence-electron chi connectivity index (χ0n) is 6.68. The molecule has 0 aromatic rings. The molecule has 0 aliphatic carbocycles. The van der Waals surface area contributed by atoms with Crippen molar-refractivity contribution in [1.29, 1.82) is 0 Å². The average Bonchev–Trinajstić information content (AvgIpc) is 1.86. The first kappa shape index (κ1) is 14.1. The van der Waals surface area contributed by atoms with Gasteiger partial charge in [0.25, 0.3) is 5.92 Å². The summed E-state index contributed by atoms with van der Waals surface area (Å²) in [6, 6.07) is 0. The number of nitrogens with two attached hydrogens (primary N) is 1. The van der Waals surface area contributed by atoms with Gasteiger partial charge >= 0.3 is 5.97 Å². The molecule has 0 fully saturated rings. The molecule has 0 rings (SSSR count). The van der Waals surface area contributed by atoms with E-state index in [0.717, 1.165) is 7.11 Å². The minimum absolute atomic E-state index is 0. The van der Waals surface area contributed by atoms with Crippen LogP contribution in [0.4, 0.5) is 8.78 Å². The molecule has 6 heteroatoms. The normalized spacial score (nSPS) is 10.3. The lowest BCUT2D eigenvalue weighted by Gasteiger charge is -2.12. The molecule has 0 spiro atoms. The number of ether oxygens (including phenoxy) is 1. The maximum absolute atomic E-state index is 12.5. The number of hydrogen-bond acceptors (Lipinski definition) is 3. The van der Waals surface area contributed by atoms with Crippen molar-refractivity contribution in [2.75, 3.05) is 13.7 Å². The molecule has 12 heavy (non-hydrogen) atoms. The van der Waals surface area contributed by atoms with E-state index in [4.69, 9.17) is 5.73 Å². The first-order valence-electron chi connectivity index (χ1n) is 3.16. The highest BCUT2D eigenvalue weighted by Gasteiger charge is 2.31. The smallest absolute Gasteiger partial charge is 0.311 e. The van der Waals surface area contributed by atoms with Crippen molar-refractivity contribution in [3.63, 3.8) is 0 Å². The molecular formula is C6H12ClF2NO2. The van der Waals surface area contributed by atoms with Crippen LogP contribution in [-0.4, -0.2) is 25.5 Å². The monoisotopic (exact) mass is 203 g/mol. The largest absolute Gasteiger partial charge is 0.469 e. The van der Waals surface area contributed by atoms with Crippen molar-refractivity contribution in [2.45, 2.75) is 18.8 Å². The molecule has 0 amide bonds. The molecule has 0 aliphatic heterocycles. The quantitative estimate of drug-likeness (QED) is 0.693. The number of carbonyl (C=O) groups is 1. The number of methoxy groups -OCH3 is 1. The zero-order chi connectivity index (χ0) is 8.91. The summed E-state index contributed by atoms with van der Waals surface area (Å²) in [4.78, 5) is 10.4. The van der Waals surface area contributed by atoms with Gasteiger partial charge in [-0.15, -0.1) is 12.4 Å². The van der Waals surface area contributed by atoms with Gasteiger partial charge in [0.2, 0.25) is 0 Å². The van der Waals surface area contributed by atoms with Crippen molar-refractivity contribution < 1.29 is 18.3 Å². The fourth-order valence-corrected chi connectivity index (χ4v) is 0.583. The minimum atomic E-state index is -3.03. The van der Waals surface area contributed by atoms with Gasteiger partial charge in [-0.1, -0.05) is 0 Å². The Morgan fingerprint density at radius 1 is 1.58 bits per heavy atom. The van der Waals surface area contributed by atoms with E-state index in [-0.39, 0.29) is 19.0 Å². The highest BCUT2D eigenvalue weighted by atomic mass is 35.5. The van der Waals surface area contributed by atoms with E-state index in [1.165, 1.54) is 0 Å². The van der Waals surface area contributed by atoms with Gasteiger partial charge in [-0.05, 0) is 6.54 Å². The summed E-state index contributed by atoms with van der Waals surface area (Å²) < 4.78 is 29.0. The Balaban J connectivity index is 0. The lowest BCUT2D eigenvalue weighted by Crippen LogP contribution is -2.25. The van der Waals surface area contributed by atoms with Gasteiger partial charge in [-0.3, -0.25) is 4.79 Å². The van der Waals surface area contributed by atoms with E-state index in [0.29, 0.717) is 0 Å². The SMILES string of the molecule is COC(=O)CC(F)(F)CCN.Cl. The molecule has 0 saturated heterocycles. The van der Waals surface area contributed by atoms with Crippen molar-refractivity contribution in [3.8, 4) is 0 Å². The summed E-state index contributed by atoms with van der Waals surface area (Å²) >= 11 is 0. The number of esters is 1. The maximum Gasteiger partial charge on any atom is 0.311 e. The average molecular weight is 204 g/mol. The molecule has 0 aromatic heterocycles. The van der Waals surface area contributed by atoms with E-state index >= 15 is 0 Å². The summed E-state index contributed by atoms with van der Waals surface area (Å²) in [5, 5.41) is 0. The van der Waals surface area contributed by atoms with E-state index in [2.05, 4.69) is 4.74 Å². The van der Waals surface area contributed by atoms with Gasteiger partial charge in [-0.25, -0.2) is 8.78 Å². The molecule has 0 bridgehead atoms. The van der Waals surface area contributed by atoms with E-state index < -0.39 is 24.7 Å². The van der Waals surface area contributed by atoms with Gasteiger partial charge in [0.05, 0.1) is 7.11 Å². The van der Waals surface area contributed by atoms with Crippen LogP contribution >= 0.6 is 12.4 Å². The van der Waals surface area contributed by atoms with Crippen molar-refractivity contribution in [1.82, 2.24) is 0 Å². The molecule has 0 unspecified atom stereocenters. The first-order chi connectivity index (χ1) is 5.02. The second-order valence-electron chi connectivity index (χ2n) is 2.15. The number of carbonyl (C=O) groups excluding carboxylic acids is 1. The van der Waals surface area contributed by atoms with Crippen LogP contribution in [0.1, 0.15) is 12.8 Å². The molecule has 3 nitrogen and oxygen atoms in total. The fourth-order valence-electron chi connectivity index (χ4n) is 0.583. The Hall–Kier alpha value is -0.420. The van der Waals surface area contributed by atoms with Crippen molar-refractivity contribution >= 4 is 18.4 Å². The molecule has 0 heterocycles. The Bertz CT molecular complexity index is 144. The van der Waals surface area contributed by atoms with Crippen molar-refractivity contribution in [2.24, 2.45) is 5.73 Å². The maximum atomic E-state index is 12.5. The lowest BCUT2D eigenvalue weighted by atomic mass is 10.2. The Kier molecular flexibility index (Phi) is 7.22. The van der Waals surface area contributed by atoms with Crippen LogP contribution in [0, 0.1) is 0 Å². The summed E-state index contributed by atoms with van der Waals surface area (Å²) in [6.45, 7) is -0.135. The predicted octanol–water partition coefficient (Wildman–Crippen LogP) is 0.955. The summed E-state index contributed by atoms with van der Waals surface area (Å²) in [6.07, 6.45) is -1.37. The highest BCUT2D eigenvalue weighted by molar-refractivity contribution is 5.85. The lowest BCUT2D eigenvalue weighted by molar-refractivity contribution is -0.148. The van der Waals surface area contributed by atoms with Crippen molar-refractivity contribution in [3.05, 3.63) is 0 Å². The number of hydrogen-bond donors (Lipinski definition) is 1. The Morgan fingerprint density at radius 3 is 2.42 bits per heavy atom. The Labute approximate surface area is 75.7 Å². The van der Waals surface area contributed by atoms with Crippen LogP contribution in [0.15, 0.2) is 0 Å². The number of rotatable bonds is 4. The predicted molar refractivity (Wildman–Crippen MR) is 42.5 cm³/mol. The van der Waals surface area contributed by atoms with Gasteiger partial charge < -0.3 is 10.5 Å². The molecule has 0 aliphatic rings. The number of alkyl halides is 2. The van der Waals surface area contributed by atoms with Crippen LogP contribution < -0.4 is 5.73 Å². The zero-order valence-corrected chi connectivity index (χ0v) is 7.50. The molecular weight excluding hydrogens is 192 g/mol. The standard InChI is InChI=1S/C6H11F2NO2.ClH/c1-11-5(10)4-6(7,8)2-3-9;/h2-4,9H2,1H3;1H. The van der Waals surface area contributed by atoms with Gasteiger partial charge in [-0.2, -0.15) is 0 Å². The topological polar surface area (TPSA) is 52.3 Å². The molecule has 74 valence electrons. The second kappa shape index (κ2) is 6.14. The third kappa shape index (κ3) is 6.30. The van der Waals surface area contributed by atoms with Gasteiger partial charge in [0.1, 0.15) is 6.42 Å². The molecule has 0 saturated carbocycles. The summed E-state index contributed by atoms with van der Waals surface area (Å²) in [5.41, 5.74) is 4.90. The fraction of sp³-hybridized carbons (Fsp3) is 0.833. The van der Waals surface area contributed by atoms with Gasteiger partial charge in [0, 0.05) is 6.42 Å². The number of halogens is 3. The molecule has 0 aromatic carbocycles. The van der Waals surface area contributed by atoms with Crippen LogP contribution in [0.25, 0.3) is 0 Å². The summed E-state index contributed by atoms with van der Waals surface area (Å²) in [7, 11) is 1.07. The third-order valence-corrected chi connectivity index (χ3v) is 1.14. The Morgan fingerprint density at radius 2 is 2.08 bits per heavy atom. The van der Waals surface area contributed by atoms with E-state index in [1.54, 1.807) is 0 Å². The molecule has 0 radical (unpaired) electrons. The van der Waals surface area contributed by atoms with Crippen LogP contribution in [0.3, 0.4) is 0 Å². The minimum Gasteiger partial charge on any atom is -0.469 e. The summed E-state index contributed by atoms with van der Waals surface area (Å²) in [5.74, 6) is -3.94. The van der Waals surface area contributed by atoms with Gasteiger partial charge in [0.15, 0.2) is 0 Å². The molecule has 2 N–H and O–H groups in total. The van der Waals surface area contributed by atoms with Crippen LogP contribution in [0.5, 0.6) is 0 Å². The third-order valence-electron chi connectivity index (χ3n) is 1.14. The van der Waals surface area contributed by atoms with Crippen LogP contribution in [-0.2, 0) is 9.53 Å². The van der Waals surface area contributed by atoms with Crippen LogP contribution in [0.2, 0.25) is 0 Å². The van der Waals surface area contributed by atoms with E-state index in [9.17, 15) is 13.6 Å².